The van der Waals surface area contributed by atoms with Gasteiger partial charge in [-0.05, 0) is 42.8 Å². The molecule has 0 spiro atoms. The first kappa shape index (κ1) is 17.6. The molecule has 26 heavy (non-hydrogen) atoms. The summed E-state index contributed by atoms with van der Waals surface area (Å²) >= 11 is 0. The van der Waals surface area contributed by atoms with Crippen LogP contribution in [0.15, 0.2) is 48.8 Å². The van der Waals surface area contributed by atoms with E-state index in [0.29, 0.717) is 36.3 Å². The molecular weight excluding hydrogens is 335 g/mol. The fourth-order valence-corrected chi connectivity index (χ4v) is 2.56. The second-order valence-corrected chi connectivity index (χ2v) is 5.85. The predicted octanol–water partition coefficient (Wildman–Crippen LogP) is 2.40. The van der Waals surface area contributed by atoms with Gasteiger partial charge in [-0.25, -0.2) is 9.37 Å². The minimum atomic E-state index is -0.298. The molecule has 6 nitrogen and oxygen atoms in total. The van der Waals surface area contributed by atoms with E-state index >= 15 is 0 Å². The van der Waals surface area contributed by atoms with E-state index in [1.807, 2.05) is 0 Å². The number of hydrogen-bond donors (Lipinski definition) is 2. The van der Waals surface area contributed by atoms with Crippen LogP contribution in [0, 0.1) is 5.82 Å². The molecule has 7 heteroatoms. The number of imidazole rings is 1. The maximum absolute atomic E-state index is 13.0. The van der Waals surface area contributed by atoms with Gasteiger partial charge in [0.15, 0.2) is 0 Å². The number of pyridine rings is 1. The van der Waals surface area contributed by atoms with Crippen LogP contribution in [0.4, 0.5) is 4.39 Å². The standard InChI is InChI=1S/C19H19FN4O2/c1-21-18(25)3-2-10-22-19(26)14-6-9-17-23-16(12-24(17)11-14)13-4-7-15(20)8-5-13/h4-9,11-12H,2-3,10H2,1H3,(H,21,25)(H,22,26). The SMILES string of the molecule is CNC(=O)CCCNC(=O)c1ccc2nc(-c3ccc(F)cc3)cn2c1. The van der Waals surface area contributed by atoms with Gasteiger partial charge in [0.2, 0.25) is 5.91 Å². The Hall–Kier alpha value is -3.22. The summed E-state index contributed by atoms with van der Waals surface area (Å²) in [5, 5.41) is 5.33. The molecule has 0 aliphatic heterocycles. The van der Waals surface area contributed by atoms with E-state index in [0.717, 1.165) is 5.56 Å². The summed E-state index contributed by atoms with van der Waals surface area (Å²) in [5.41, 5.74) is 2.70. The van der Waals surface area contributed by atoms with Gasteiger partial charge in [-0.3, -0.25) is 9.59 Å². The topological polar surface area (TPSA) is 75.5 Å². The van der Waals surface area contributed by atoms with Crippen LogP contribution in [0.5, 0.6) is 0 Å². The van der Waals surface area contributed by atoms with Crippen molar-refractivity contribution in [2.45, 2.75) is 12.8 Å². The Kier molecular flexibility index (Phi) is 5.26. The summed E-state index contributed by atoms with van der Waals surface area (Å²) in [6.45, 7) is 0.426. The van der Waals surface area contributed by atoms with E-state index in [4.69, 9.17) is 0 Å². The molecular formula is C19H19FN4O2. The summed E-state index contributed by atoms with van der Waals surface area (Å²) in [5.74, 6) is -0.555. The Labute approximate surface area is 150 Å². The van der Waals surface area contributed by atoms with Crippen molar-refractivity contribution in [1.82, 2.24) is 20.0 Å². The third-order valence-corrected chi connectivity index (χ3v) is 4.00. The van der Waals surface area contributed by atoms with E-state index in [9.17, 15) is 14.0 Å². The van der Waals surface area contributed by atoms with Gasteiger partial charge in [-0.15, -0.1) is 0 Å². The van der Waals surface area contributed by atoms with E-state index < -0.39 is 0 Å². The molecule has 0 radical (unpaired) electrons. The van der Waals surface area contributed by atoms with Crippen LogP contribution in [0.2, 0.25) is 0 Å². The van der Waals surface area contributed by atoms with Crippen molar-refractivity contribution in [1.29, 1.82) is 0 Å². The summed E-state index contributed by atoms with van der Waals surface area (Å²) in [6.07, 6.45) is 4.44. The van der Waals surface area contributed by atoms with Crippen molar-refractivity contribution in [3.05, 3.63) is 60.2 Å². The maximum Gasteiger partial charge on any atom is 0.252 e. The first-order valence-corrected chi connectivity index (χ1v) is 8.30. The molecule has 1 aromatic carbocycles. The van der Waals surface area contributed by atoms with Crippen LogP contribution >= 0.6 is 0 Å². The number of carbonyl (C=O) groups is 2. The van der Waals surface area contributed by atoms with E-state index in [-0.39, 0.29) is 17.6 Å². The van der Waals surface area contributed by atoms with Gasteiger partial charge in [0.05, 0.1) is 11.3 Å². The van der Waals surface area contributed by atoms with E-state index in [2.05, 4.69) is 15.6 Å². The van der Waals surface area contributed by atoms with Crippen LogP contribution in [-0.2, 0) is 4.79 Å². The van der Waals surface area contributed by atoms with Crippen LogP contribution in [-0.4, -0.2) is 34.8 Å². The average molecular weight is 354 g/mol. The van der Waals surface area contributed by atoms with Gasteiger partial charge in [-0.2, -0.15) is 0 Å². The quantitative estimate of drug-likeness (QED) is 0.668. The molecule has 3 rings (SSSR count). The molecule has 134 valence electrons. The minimum absolute atomic E-state index is 0.0487. The largest absolute Gasteiger partial charge is 0.359 e. The van der Waals surface area contributed by atoms with Crippen LogP contribution in [0.3, 0.4) is 0 Å². The van der Waals surface area contributed by atoms with Crippen molar-refractivity contribution in [3.8, 4) is 11.3 Å². The molecule has 2 aromatic heterocycles. The average Bonchev–Trinajstić information content (AvgIpc) is 3.08. The number of benzene rings is 1. The molecule has 0 unspecified atom stereocenters. The number of hydrogen-bond acceptors (Lipinski definition) is 3. The minimum Gasteiger partial charge on any atom is -0.359 e. The molecule has 0 bridgehead atoms. The molecule has 0 saturated carbocycles. The Morgan fingerprint density at radius 3 is 2.62 bits per heavy atom. The zero-order valence-corrected chi connectivity index (χ0v) is 14.3. The zero-order chi connectivity index (χ0) is 18.5. The number of halogens is 1. The smallest absolute Gasteiger partial charge is 0.252 e. The number of nitrogens with zero attached hydrogens (tertiary/aromatic N) is 2. The Morgan fingerprint density at radius 1 is 1.12 bits per heavy atom. The number of aromatic nitrogens is 2. The van der Waals surface area contributed by atoms with E-state index in [1.54, 1.807) is 48.1 Å². The second kappa shape index (κ2) is 7.77. The highest BCUT2D eigenvalue weighted by atomic mass is 19.1. The van der Waals surface area contributed by atoms with Gasteiger partial charge in [-0.1, -0.05) is 0 Å². The predicted molar refractivity (Wildman–Crippen MR) is 96.2 cm³/mol. The lowest BCUT2D eigenvalue weighted by Gasteiger charge is -2.05. The highest BCUT2D eigenvalue weighted by Crippen LogP contribution is 2.20. The monoisotopic (exact) mass is 354 g/mol. The lowest BCUT2D eigenvalue weighted by molar-refractivity contribution is -0.120. The molecule has 2 N–H and O–H groups in total. The number of fused-ring (bicyclic) bond motifs is 1. The fraction of sp³-hybridized carbons (Fsp3) is 0.211. The number of nitrogens with one attached hydrogen (secondary N) is 2. The van der Waals surface area contributed by atoms with Gasteiger partial charge in [0, 0.05) is 38.0 Å². The molecule has 0 fully saturated rings. The number of rotatable bonds is 6. The van der Waals surface area contributed by atoms with Crippen molar-refractivity contribution in [2.24, 2.45) is 0 Å². The van der Waals surface area contributed by atoms with Gasteiger partial charge < -0.3 is 15.0 Å². The Bertz CT molecular complexity index is 934. The highest BCUT2D eigenvalue weighted by molar-refractivity contribution is 5.94. The maximum atomic E-state index is 13.0. The summed E-state index contributed by atoms with van der Waals surface area (Å²) < 4.78 is 14.8. The zero-order valence-electron chi connectivity index (χ0n) is 14.3. The summed E-state index contributed by atoms with van der Waals surface area (Å²) in [7, 11) is 1.58. The summed E-state index contributed by atoms with van der Waals surface area (Å²) in [4.78, 5) is 27.9. The van der Waals surface area contributed by atoms with Gasteiger partial charge in [0.25, 0.3) is 5.91 Å². The lowest BCUT2D eigenvalue weighted by atomic mass is 10.2. The Morgan fingerprint density at radius 2 is 1.88 bits per heavy atom. The van der Waals surface area contributed by atoms with Crippen molar-refractivity contribution in [3.63, 3.8) is 0 Å². The fourth-order valence-electron chi connectivity index (χ4n) is 2.56. The van der Waals surface area contributed by atoms with Gasteiger partial charge >= 0.3 is 0 Å². The normalized spacial score (nSPS) is 10.7. The number of carbonyl (C=O) groups excluding carboxylic acids is 2. The molecule has 2 amide bonds. The first-order valence-electron chi connectivity index (χ1n) is 8.30. The number of amides is 2. The summed E-state index contributed by atoms with van der Waals surface area (Å²) in [6, 6.07) is 9.56. The van der Waals surface area contributed by atoms with Crippen molar-refractivity contribution < 1.29 is 14.0 Å². The van der Waals surface area contributed by atoms with Crippen molar-refractivity contribution in [2.75, 3.05) is 13.6 Å². The third-order valence-electron chi connectivity index (χ3n) is 4.00. The Balaban J connectivity index is 1.69. The molecule has 2 heterocycles. The first-order chi connectivity index (χ1) is 12.6. The molecule has 0 aliphatic rings. The van der Waals surface area contributed by atoms with E-state index in [1.165, 1.54) is 12.1 Å². The van der Waals surface area contributed by atoms with Crippen LogP contribution in [0.1, 0.15) is 23.2 Å². The molecule has 3 aromatic rings. The third kappa shape index (κ3) is 4.05. The van der Waals surface area contributed by atoms with Crippen molar-refractivity contribution >= 4 is 17.5 Å². The van der Waals surface area contributed by atoms with Crippen LogP contribution in [0.25, 0.3) is 16.9 Å². The second-order valence-electron chi connectivity index (χ2n) is 5.85. The lowest BCUT2D eigenvalue weighted by Crippen LogP contribution is -2.26. The highest BCUT2D eigenvalue weighted by Gasteiger charge is 2.09. The molecule has 0 saturated heterocycles. The van der Waals surface area contributed by atoms with Crippen LogP contribution < -0.4 is 10.6 Å². The molecule has 0 atom stereocenters. The van der Waals surface area contributed by atoms with Gasteiger partial charge in [0.1, 0.15) is 11.5 Å². The molecule has 0 aliphatic carbocycles.